The summed E-state index contributed by atoms with van der Waals surface area (Å²) in [5, 5.41) is 5.55. The Bertz CT molecular complexity index is 652. The maximum atomic E-state index is 6.07. The third-order valence-electron chi connectivity index (χ3n) is 2.17. The molecule has 0 fully saturated rings. The van der Waals surface area contributed by atoms with Gasteiger partial charge in [0.25, 0.3) is 0 Å². The van der Waals surface area contributed by atoms with Crippen LogP contribution >= 0.6 is 11.6 Å². The highest BCUT2D eigenvalue weighted by molar-refractivity contribution is 6.34. The number of benzene rings is 1. The topological polar surface area (TPSA) is 121 Å². The standard InChI is InChI=1S/C10H12ClN7/c1-18-4-5-2-8(6(11)3-7(5)17-18)15-10(14)16-9(12)13/h2-4H,1H3,(H6,12,13,14,15,16). The highest BCUT2D eigenvalue weighted by Crippen LogP contribution is 2.29. The van der Waals surface area contributed by atoms with E-state index in [4.69, 9.17) is 28.8 Å². The van der Waals surface area contributed by atoms with Crippen molar-refractivity contribution >= 4 is 40.1 Å². The highest BCUT2D eigenvalue weighted by Gasteiger charge is 2.06. The average molecular weight is 266 g/mol. The van der Waals surface area contributed by atoms with Crippen molar-refractivity contribution in [2.24, 2.45) is 34.2 Å². The number of aryl methyl sites for hydroxylation is 1. The van der Waals surface area contributed by atoms with E-state index in [0.29, 0.717) is 10.7 Å². The van der Waals surface area contributed by atoms with Crippen molar-refractivity contribution in [2.45, 2.75) is 0 Å². The lowest BCUT2D eigenvalue weighted by atomic mass is 10.2. The Balaban J connectivity index is 2.51. The number of rotatable bonds is 1. The van der Waals surface area contributed by atoms with Crippen molar-refractivity contribution in [3.05, 3.63) is 23.4 Å². The SMILES string of the molecule is Cn1cc2cc(N=C(N)N=C(N)N)c(Cl)cc2n1. The van der Waals surface area contributed by atoms with E-state index < -0.39 is 0 Å². The van der Waals surface area contributed by atoms with Crippen LogP contribution in [-0.4, -0.2) is 21.7 Å². The molecule has 94 valence electrons. The van der Waals surface area contributed by atoms with E-state index in [0.717, 1.165) is 10.9 Å². The minimum absolute atomic E-state index is 0.0554. The van der Waals surface area contributed by atoms with E-state index in [1.54, 1.807) is 16.8 Å². The zero-order valence-corrected chi connectivity index (χ0v) is 10.4. The van der Waals surface area contributed by atoms with Crippen LogP contribution in [0.4, 0.5) is 5.69 Å². The molecule has 0 bridgehead atoms. The predicted molar refractivity (Wildman–Crippen MR) is 72.8 cm³/mol. The first-order valence-electron chi connectivity index (χ1n) is 5.02. The van der Waals surface area contributed by atoms with Crippen LogP contribution in [0.15, 0.2) is 28.3 Å². The van der Waals surface area contributed by atoms with E-state index in [2.05, 4.69) is 15.1 Å². The Morgan fingerprint density at radius 2 is 2.06 bits per heavy atom. The van der Waals surface area contributed by atoms with E-state index >= 15 is 0 Å². The summed E-state index contributed by atoms with van der Waals surface area (Å²) in [5.41, 5.74) is 17.2. The van der Waals surface area contributed by atoms with E-state index in [1.807, 2.05) is 13.2 Å². The van der Waals surface area contributed by atoms with Gasteiger partial charge in [0.1, 0.15) is 0 Å². The van der Waals surface area contributed by atoms with Gasteiger partial charge in [0.2, 0.25) is 5.96 Å². The number of fused-ring (bicyclic) bond motifs is 1. The summed E-state index contributed by atoms with van der Waals surface area (Å²) < 4.78 is 1.69. The summed E-state index contributed by atoms with van der Waals surface area (Å²) in [4.78, 5) is 7.66. The van der Waals surface area contributed by atoms with Gasteiger partial charge in [-0.3, -0.25) is 4.68 Å². The van der Waals surface area contributed by atoms with Gasteiger partial charge in [0.05, 0.1) is 16.2 Å². The molecule has 0 spiro atoms. The van der Waals surface area contributed by atoms with Gasteiger partial charge in [-0.15, -0.1) is 0 Å². The predicted octanol–water partition coefficient (Wildman–Crippen LogP) is 0.446. The molecular weight excluding hydrogens is 254 g/mol. The Kier molecular flexibility index (Phi) is 3.07. The molecule has 2 aromatic rings. The summed E-state index contributed by atoms with van der Waals surface area (Å²) in [6.07, 6.45) is 1.85. The lowest BCUT2D eigenvalue weighted by molar-refractivity contribution is 0.780. The molecule has 6 N–H and O–H groups in total. The molecule has 18 heavy (non-hydrogen) atoms. The van der Waals surface area contributed by atoms with Gasteiger partial charge in [-0.05, 0) is 12.1 Å². The number of hydrogen-bond acceptors (Lipinski definition) is 2. The molecule has 0 saturated carbocycles. The largest absolute Gasteiger partial charge is 0.370 e. The van der Waals surface area contributed by atoms with Crippen molar-refractivity contribution in [2.75, 3.05) is 0 Å². The van der Waals surface area contributed by atoms with E-state index in [9.17, 15) is 0 Å². The molecule has 1 aromatic carbocycles. The quantitative estimate of drug-likeness (QED) is 0.512. The molecule has 0 saturated heterocycles. The number of halogens is 1. The van der Waals surface area contributed by atoms with Crippen LogP contribution in [-0.2, 0) is 7.05 Å². The van der Waals surface area contributed by atoms with Gasteiger partial charge in [0, 0.05) is 18.6 Å². The number of guanidine groups is 2. The van der Waals surface area contributed by atoms with E-state index in [1.165, 1.54) is 0 Å². The second-order valence-corrected chi connectivity index (χ2v) is 4.08. The molecule has 1 aromatic heterocycles. The Labute approximate surface area is 108 Å². The minimum atomic E-state index is -0.158. The van der Waals surface area contributed by atoms with Crippen LogP contribution < -0.4 is 17.2 Å². The zero-order valence-electron chi connectivity index (χ0n) is 9.63. The van der Waals surface area contributed by atoms with Gasteiger partial charge in [-0.25, -0.2) is 4.99 Å². The molecule has 0 amide bonds. The normalized spacial score (nSPS) is 11.8. The maximum Gasteiger partial charge on any atom is 0.223 e. The number of nitrogens with two attached hydrogens (primary N) is 3. The average Bonchev–Trinajstić information content (AvgIpc) is 2.56. The fourth-order valence-electron chi connectivity index (χ4n) is 1.52. The molecule has 0 radical (unpaired) electrons. The number of aromatic nitrogens is 2. The summed E-state index contributed by atoms with van der Waals surface area (Å²) in [6.45, 7) is 0. The highest BCUT2D eigenvalue weighted by atomic mass is 35.5. The van der Waals surface area contributed by atoms with Gasteiger partial charge in [0.15, 0.2) is 5.96 Å². The third kappa shape index (κ3) is 2.51. The van der Waals surface area contributed by atoms with Crippen LogP contribution in [0.25, 0.3) is 10.9 Å². The maximum absolute atomic E-state index is 6.07. The Hall–Kier alpha value is -2.28. The van der Waals surface area contributed by atoms with Crippen molar-refractivity contribution in [1.29, 1.82) is 0 Å². The van der Waals surface area contributed by atoms with Crippen LogP contribution in [0.2, 0.25) is 5.02 Å². The molecule has 0 atom stereocenters. The van der Waals surface area contributed by atoms with Crippen LogP contribution in [0.3, 0.4) is 0 Å². The molecular formula is C10H12ClN7. The van der Waals surface area contributed by atoms with Crippen LogP contribution in [0, 0.1) is 0 Å². The Morgan fingerprint density at radius 3 is 2.72 bits per heavy atom. The fourth-order valence-corrected chi connectivity index (χ4v) is 1.72. The first kappa shape index (κ1) is 12.2. The van der Waals surface area contributed by atoms with Gasteiger partial charge < -0.3 is 17.2 Å². The lowest BCUT2D eigenvalue weighted by Crippen LogP contribution is -2.26. The minimum Gasteiger partial charge on any atom is -0.370 e. The van der Waals surface area contributed by atoms with Crippen molar-refractivity contribution in [3.8, 4) is 0 Å². The molecule has 0 unspecified atom stereocenters. The molecule has 1 heterocycles. The molecule has 8 heteroatoms. The second-order valence-electron chi connectivity index (χ2n) is 3.67. The van der Waals surface area contributed by atoms with Crippen LogP contribution in [0.1, 0.15) is 0 Å². The summed E-state index contributed by atoms with van der Waals surface area (Å²) in [6, 6.07) is 3.47. The van der Waals surface area contributed by atoms with Crippen molar-refractivity contribution < 1.29 is 0 Å². The molecule has 0 aliphatic carbocycles. The first-order chi connectivity index (χ1) is 8.45. The molecule has 0 aliphatic rings. The van der Waals surface area contributed by atoms with Gasteiger partial charge in [-0.2, -0.15) is 10.1 Å². The van der Waals surface area contributed by atoms with Crippen molar-refractivity contribution in [3.63, 3.8) is 0 Å². The molecule has 0 aliphatic heterocycles. The smallest absolute Gasteiger partial charge is 0.223 e. The van der Waals surface area contributed by atoms with E-state index in [-0.39, 0.29) is 11.9 Å². The summed E-state index contributed by atoms with van der Waals surface area (Å²) in [7, 11) is 1.82. The number of nitrogens with zero attached hydrogens (tertiary/aromatic N) is 4. The monoisotopic (exact) mass is 265 g/mol. The molecule has 2 rings (SSSR count). The number of aliphatic imine (C=N–C) groups is 2. The van der Waals surface area contributed by atoms with Gasteiger partial charge >= 0.3 is 0 Å². The Morgan fingerprint density at radius 1 is 1.33 bits per heavy atom. The fraction of sp³-hybridized carbons (Fsp3) is 0.100. The number of hydrogen-bond donors (Lipinski definition) is 3. The second kappa shape index (κ2) is 4.53. The van der Waals surface area contributed by atoms with Gasteiger partial charge in [-0.1, -0.05) is 11.6 Å². The summed E-state index contributed by atoms with van der Waals surface area (Å²) >= 11 is 6.07. The lowest BCUT2D eigenvalue weighted by Gasteiger charge is -1.99. The van der Waals surface area contributed by atoms with Crippen LogP contribution in [0.5, 0.6) is 0 Å². The third-order valence-corrected chi connectivity index (χ3v) is 2.47. The molecule has 7 nitrogen and oxygen atoms in total. The summed E-state index contributed by atoms with van der Waals surface area (Å²) in [5.74, 6) is -0.213. The zero-order chi connectivity index (χ0) is 13.3. The van der Waals surface area contributed by atoms with Crippen molar-refractivity contribution in [1.82, 2.24) is 9.78 Å². The first-order valence-corrected chi connectivity index (χ1v) is 5.40.